The minimum absolute atomic E-state index is 0.00492. The monoisotopic (exact) mass is 543 g/mol. The Morgan fingerprint density at radius 1 is 1.18 bits per heavy atom. The summed E-state index contributed by atoms with van der Waals surface area (Å²) >= 11 is 0. The Morgan fingerprint density at radius 3 is 2.72 bits per heavy atom. The molecular formula is C25H31F2N9O3. The van der Waals surface area contributed by atoms with E-state index in [1.807, 2.05) is 0 Å². The first-order valence-electron chi connectivity index (χ1n) is 13.1. The third kappa shape index (κ3) is 4.93. The van der Waals surface area contributed by atoms with Gasteiger partial charge in [-0.2, -0.15) is 14.3 Å². The molecule has 0 unspecified atom stereocenters. The van der Waals surface area contributed by atoms with Crippen LogP contribution in [0.4, 0.5) is 26.2 Å². The van der Waals surface area contributed by atoms with Gasteiger partial charge in [0.2, 0.25) is 5.95 Å². The van der Waals surface area contributed by atoms with E-state index in [-0.39, 0.29) is 46.6 Å². The maximum Gasteiger partial charge on any atom is 0.368 e. The Bertz CT molecular complexity index is 1440. The summed E-state index contributed by atoms with van der Waals surface area (Å²) < 4.78 is 43.0. The van der Waals surface area contributed by atoms with Crippen molar-refractivity contribution in [3.8, 4) is 11.4 Å². The molecule has 2 aromatic heterocycles. The van der Waals surface area contributed by atoms with E-state index in [0.29, 0.717) is 19.3 Å². The van der Waals surface area contributed by atoms with E-state index in [4.69, 9.17) is 9.47 Å². The van der Waals surface area contributed by atoms with Crippen molar-refractivity contribution in [3.05, 3.63) is 40.4 Å². The number of benzene rings is 1. The van der Waals surface area contributed by atoms with Gasteiger partial charge in [-0.3, -0.25) is 4.90 Å². The molecule has 3 aromatic rings. The van der Waals surface area contributed by atoms with Crippen molar-refractivity contribution < 1.29 is 18.3 Å². The number of rotatable bonds is 7. The number of aromatic nitrogens is 6. The molecule has 2 N–H and O–H groups in total. The van der Waals surface area contributed by atoms with Crippen LogP contribution in [0.2, 0.25) is 0 Å². The summed E-state index contributed by atoms with van der Waals surface area (Å²) in [7, 11) is 1.45. The van der Waals surface area contributed by atoms with E-state index in [9.17, 15) is 9.18 Å². The molecule has 12 nitrogen and oxygen atoms in total. The zero-order chi connectivity index (χ0) is 27.3. The lowest BCUT2D eigenvalue weighted by Gasteiger charge is -2.47. The highest BCUT2D eigenvalue weighted by molar-refractivity contribution is 5.63. The molecule has 208 valence electrons. The minimum Gasteiger partial charge on any atom is -0.483 e. The molecule has 0 spiro atoms. The van der Waals surface area contributed by atoms with Gasteiger partial charge in [-0.1, -0.05) is 0 Å². The van der Waals surface area contributed by atoms with Crippen LogP contribution in [-0.2, 0) is 11.8 Å². The van der Waals surface area contributed by atoms with Crippen molar-refractivity contribution in [2.75, 3.05) is 30.4 Å². The predicted molar refractivity (Wildman–Crippen MR) is 138 cm³/mol. The van der Waals surface area contributed by atoms with Crippen molar-refractivity contribution >= 4 is 17.5 Å². The molecule has 0 saturated carbocycles. The van der Waals surface area contributed by atoms with E-state index in [1.54, 1.807) is 0 Å². The van der Waals surface area contributed by atoms with Gasteiger partial charge in [-0.05, 0) is 62.6 Å². The van der Waals surface area contributed by atoms with Gasteiger partial charge in [0.25, 0.3) is 0 Å². The average molecular weight is 544 g/mol. The van der Waals surface area contributed by atoms with Crippen molar-refractivity contribution in [1.82, 2.24) is 34.7 Å². The fraction of sp³-hybridized carbons (Fsp3) is 0.560. The first-order valence-corrected chi connectivity index (χ1v) is 13.1. The lowest BCUT2D eigenvalue weighted by Crippen LogP contribution is -2.55. The van der Waals surface area contributed by atoms with Gasteiger partial charge >= 0.3 is 5.69 Å². The summed E-state index contributed by atoms with van der Waals surface area (Å²) in [4.78, 5) is 23.4. The largest absolute Gasteiger partial charge is 0.483 e. The topological polar surface area (TPSA) is 124 Å². The van der Waals surface area contributed by atoms with E-state index >= 15 is 4.39 Å². The summed E-state index contributed by atoms with van der Waals surface area (Å²) in [6, 6.07) is 3.00. The number of aryl methyl sites for hydroxylation is 1. The van der Waals surface area contributed by atoms with E-state index in [1.165, 1.54) is 19.5 Å². The number of ether oxygens (including phenoxy) is 2. The Kier molecular flexibility index (Phi) is 6.46. The van der Waals surface area contributed by atoms with Crippen LogP contribution in [0.5, 0.6) is 5.75 Å². The van der Waals surface area contributed by atoms with Crippen LogP contribution in [-0.4, -0.2) is 78.1 Å². The van der Waals surface area contributed by atoms with Crippen molar-refractivity contribution in [2.45, 2.75) is 63.3 Å². The highest BCUT2D eigenvalue weighted by atomic mass is 19.1. The van der Waals surface area contributed by atoms with Gasteiger partial charge in [0, 0.05) is 30.7 Å². The summed E-state index contributed by atoms with van der Waals surface area (Å²) in [5, 5.41) is 13.7. The Labute approximate surface area is 223 Å². The Hall–Kier alpha value is -3.65. The maximum atomic E-state index is 15.2. The molecule has 3 fully saturated rings. The van der Waals surface area contributed by atoms with Crippen LogP contribution in [0, 0.1) is 11.6 Å². The highest BCUT2D eigenvalue weighted by Gasteiger charge is 2.43. The molecule has 1 aromatic carbocycles. The zero-order valence-electron chi connectivity index (χ0n) is 22.0. The number of piperidine rings is 1. The Morgan fingerprint density at radius 2 is 2.00 bits per heavy atom. The van der Waals surface area contributed by atoms with Gasteiger partial charge in [0.15, 0.2) is 17.5 Å². The number of tetrazole rings is 1. The van der Waals surface area contributed by atoms with E-state index in [2.05, 4.69) is 49.8 Å². The summed E-state index contributed by atoms with van der Waals surface area (Å²) in [6.45, 7) is 6.24. The summed E-state index contributed by atoms with van der Waals surface area (Å²) in [6.07, 6.45) is 4.81. The van der Waals surface area contributed by atoms with Crippen LogP contribution in [0.25, 0.3) is 5.69 Å². The molecule has 0 aliphatic carbocycles. The molecule has 6 rings (SSSR count). The molecule has 5 heterocycles. The molecule has 0 bridgehead atoms. The van der Waals surface area contributed by atoms with Gasteiger partial charge in [-0.25, -0.2) is 18.6 Å². The third-order valence-corrected chi connectivity index (χ3v) is 7.69. The first kappa shape index (κ1) is 25.6. The molecule has 0 radical (unpaired) electrons. The second-order valence-corrected chi connectivity index (χ2v) is 11.0. The van der Waals surface area contributed by atoms with Crippen molar-refractivity contribution in [1.29, 1.82) is 0 Å². The van der Waals surface area contributed by atoms with E-state index < -0.39 is 17.3 Å². The number of hydrogen-bond acceptors (Lipinski definition) is 10. The lowest BCUT2D eigenvalue weighted by atomic mass is 9.84. The first-order chi connectivity index (χ1) is 18.7. The maximum absolute atomic E-state index is 15.2. The number of anilines is 3. The number of hydrogen-bond donors (Lipinski definition) is 2. The van der Waals surface area contributed by atoms with Gasteiger partial charge in [0.1, 0.15) is 17.5 Å². The van der Waals surface area contributed by atoms with Crippen LogP contribution < -0.4 is 21.1 Å². The average Bonchev–Trinajstić information content (AvgIpc) is 3.47. The zero-order valence-corrected chi connectivity index (χ0v) is 22.0. The standard InChI is InChI=1S/C25H31F2N9O3/c1-25(2)10-14(7-15-5-4-6-35(15)25)29-22-18(27)11-28-23(31-22)30-19-9-20(36-24(37)34(3)32-33-36)21(8-17(19)26)39-16-12-38-13-16/h8-9,11,14-16H,4-7,10,12-13H2,1-3H3,(H2,28,29,30,31)/t14-,15-/m1/s1. The second kappa shape index (κ2) is 9.83. The van der Waals surface area contributed by atoms with Crippen molar-refractivity contribution in [3.63, 3.8) is 0 Å². The fourth-order valence-electron chi connectivity index (χ4n) is 5.79. The molecule has 3 saturated heterocycles. The number of fused-ring (bicyclic) bond motifs is 1. The normalized spacial score (nSPS) is 22.8. The quantitative estimate of drug-likeness (QED) is 0.459. The summed E-state index contributed by atoms with van der Waals surface area (Å²) in [5.74, 6) is -1.11. The molecular weight excluding hydrogens is 512 g/mol. The number of halogens is 2. The molecule has 2 atom stereocenters. The van der Waals surface area contributed by atoms with Gasteiger partial charge in [0.05, 0.1) is 25.1 Å². The van der Waals surface area contributed by atoms with Gasteiger partial charge in [-0.15, -0.1) is 0 Å². The molecule has 0 amide bonds. The lowest BCUT2D eigenvalue weighted by molar-refractivity contribution is -0.0797. The molecule has 39 heavy (non-hydrogen) atoms. The number of nitrogens with one attached hydrogen (secondary N) is 2. The second-order valence-electron chi connectivity index (χ2n) is 11.0. The molecule has 3 aliphatic heterocycles. The van der Waals surface area contributed by atoms with Crippen LogP contribution in [0.1, 0.15) is 39.5 Å². The van der Waals surface area contributed by atoms with E-state index in [0.717, 1.165) is 47.4 Å². The van der Waals surface area contributed by atoms with Crippen LogP contribution >= 0.6 is 0 Å². The van der Waals surface area contributed by atoms with Crippen molar-refractivity contribution in [2.24, 2.45) is 7.05 Å². The van der Waals surface area contributed by atoms with Crippen LogP contribution in [0.15, 0.2) is 23.1 Å². The highest BCUT2D eigenvalue weighted by Crippen LogP contribution is 2.39. The summed E-state index contributed by atoms with van der Waals surface area (Å²) in [5.41, 5.74) is -0.412. The van der Waals surface area contributed by atoms with Gasteiger partial charge < -0.3 is 20.1 Å². The number of nitrogens with zero attached hydrogens (tertiary/aromatic N) is 7. The fourth-order valence-corrected chi connectivity index (χ4v) is 5.79. The predicted octanol–water partition coefficient (Wildman–Crippen LogP) is 2.37. The smallest absolute Gasteiger partial charge is 0.368 e. The Balaban J connectivity index is 1.27. The SMILES string of the molecule is Cn1nnn(-c2cc(Nc3ncc(F)c(N[C@@H]4C[C@H]5CCCN5C(C)(C)C4)n3)c(F)cc2OC2COC2)c1=O. The van der Waals surface area contributed by atoms with Crippen LogP contribution in [0.3, 0.4) is 0 Å². The minimum atomic E-state index is -0.677. The molecule has 14 heteroatoms. The third-order valence-electron chi connectivity index (χ3n) is 7.69. The molecule has 3 aliphatic rings.